The van der Waals surface area contributed by atoms with Crippen LogP contribution in [0.25, 0.3) is 0 Å². The average Bonchev–Trinajstić information content (AvgIpc) is 2.93. The van der Waals surface area contributed by atoms with Crippen molar-refractivity contribution in [3.8, 4) is 0 Å². The molecule has 0 unspecified atom stereocenters. The van der Waals surface area contributed by atoms with Crippen molar-refractivity contribution in [2.45, 2.75) is 33.1 Å². The first-order valence-electron chi connectivity index (χ1n) is 5.24. The van der Waals surface area contributed by atoms with Crippen LogP contribution in [0.4, 0.5) is 0 Å². The molecule has 0 spiro atoms. The summed E-state index contributed by atoms with van der Waals surface area (Å²) >= 11 is 0. The Kier molecular flexibility index (Phi) is 2.30. The molecule has 0 radical (unpaired) electrons. The summed E-state index contributed by atoms with van der Waals surface area (Å²) in [6.45, 7) is 4.42. The minimum atomic E-state index is 0.910. The van der Waals surface area contributed by atoms with E-state index < -0.39 is 0 Å². The van der Waals surface area contributed by atoms with Gasteiger partial charge in [-0.15, -0.1) is 0 Å². The monoisotopic (exact) mass is 173 g/mol. The largest absolute Gasteiger partial charge is 0.132 e. The molecule has 68 valence electrons. The molecule has 0 N–H and O–H groups in total. The Labute approximate surface area is 81.0 Å². The molecule has 2 rings (SSSR count). The molecule has 0 atom stereocenters. The van der Waals surface area contributed by atoms with Crippen LogP contribution in [0.1, 0.15) is 37.3 Å². The predicted octanol–water partition coefficient (Wildman–Crippen LogP) is 3.74. The zero-order valence-electron chi connectivity index (χ0n) is 8.51. The van der Waals surface area contributed by atoms with Crippen molar-refractivity contribution in [2.75, 3.05) is 0 Å². The highest BCUT2D eigenvalue weighted by Crippen LogP contribution is 2.43. The average molecular weight is 173 g/mol. The van der Waals surface area contributed by atoms with Crippen molar-refractivity contribution < 1.29 is 0 Å². The van der Waals surface area contributed by atoms with Gasteiger partial charge in [-0.3, -0.25) is 0 Å². The van der Waals surface area contributed by atoms with E-state index in [4.69, 9.17) is 0 Å². The van der Waals surface area contributed by atoms with Gasteiger partial charge in [0.05, 0.1) is 0 Å². The molecule has 0 bridgehead atoms. The number of rotatable bonds is 3. The molecular formula is C13H17+. The van der Waals surface area contributed by atoms with Gasteiger partial charge in [-0.2, -0.15) is 0 Å². The molecule has 1 saturated carbocycles. The van der Waals surface area contributed by atoms with Crippen molar-refractivity contribution in [1.29, 1.82) is 0 Å². The zero-order chi connectivity index (χ0) is 9.26. The molecular weight excluding hydrogens is 156 g/mol. The fraction of sp³-hybridized carbons (Fsp3) is 0.462. The van der Waals surface area contributed by atoms with E-state index in [0.29, 0.717) is 0 Å². The van der Waals surface area contributed by atoms with Crippen LogP contribution in [0.5, 0.6) is 0 Å². The van der Waals surface area contributed by atoms with Gasteiger partial charge in [0, 0.05) is 30.4 Å². The molecule has 0 amide bonds. The third-order valence-corrected chi connectivity index (χ3v) is 2.87. The molecule has 0 heterocycles. The first-order valence-corrected chi connectivity index (χ1v) is 5.24. The summed E-state index contributed by atoms with van der Waals surface area (Å²) < 4.78 is 0. The van der Waals surface area contributed by atoms with E-state index in [9.17, 15) is 0 Å². The Morgan fingerprint density at radius 1 is 1.23 bits per heavy atom. The van der Waals surface area contributed by atoms with Crippen LogP contribution in [0.15, 0.2) is 24.3 Å². The second-order valence-corrected chi connectivity index (χ2v) is 4.02. The van der Waals surface area contributed by atoms with Crippen molar-refractivity contribution >= 4 is 0 Å². The maximum atomic E-state index is 2.27. The van der Waals surface area contributed by atoms with Crippen LogP contribution >= 0.6 is 0 Å². The third-order valence-electron chi connectivity index (χ3n) is 2.87. The Morgan fingerprint density at radius 3 is 2.31 bits per heavy atom. The minimum Gasteiger partial charge on any atom is -0.0498 e. The summed E-state index contributed by atoms with van der Waals surface area (Å²) in [5, 5.41) is 0. The van der Waals surface area contributed by atoms with Crippen LogP contribution in [-0.4, -0.2) is 0 Å². The van der Waals surface area contributed by atoms with Gasteiger partial charge in [0.15, 0.2) is 0 Å². The zero-order valence-corrected chi connectivity index (χ0v) is 8.51. The summed E-state index contributed by atoms with van der Waals surface area (Å²) in [4.78, 5) is 0. The fourth-order valence-electron chi connectivity index (χ4n) is 1.93. The molecule has 0 nitrogen and oxygen atoms in total. The normalized spacial score (nSPS) is 15.8. The molecule has 0 aromatic heterocycles. The van der Waals surface area contributed by atoms with Crippen molar-refractivity contribution in [3.63, 3.8) is 0 Å². The Hall–Kier alpha value is -0.910. The van der Waals surface area contributed by atoms with E-state index in [1.54, 1.807) is 5.92 Å². The van der Waals surface area contributed by atoms with E-state index >= 15 is 0 Å². The van der Waals surface area contributed by atoms with E-state index in [1.165, 1.54) is 30.4 Å². The van der Waals surface area contributed by atoms with Gasteiger partial charge in [-0.25, -0.2) is 0 Å². The summed E-state index contributed by atoms with van der Waals surface area (Å²) in [5.74, 6) is 2.58. The number of aryl methyl sites for hydroxylation is 1. The molecule has 1 aromatic rings. The third kappa shape index (κ3) is 1.88. The lowest BCUT2D eigenvalue weighted by Gasteiger charge is -2.06. The maximum absolute atomic E-state index is 2.27. The van der Waals surface area contributed by atoms with Gasteiger partial charge >= 0.3 is 0 Å². The fourth-order valence-corrected chi connectivity index (χ4v) is 1.93. The first kappa shape index (κ1) is 8.68. The topological polar surface area (TPSA) is 0 Å². The smallest absolute Gasteiger partial charge is 0.0498 e. The summed E-state index contributed by atoms with van der Waals surface area (Å²) in [7, 11) is 0. The van der Waals surface area contributed by atoms with Gasteiger partial charge < -0.3 is 0 Å². The minimum absolute atomic E-state index is 0.910. The Balaban J connectivity index is 2.17. The molecule has 1 fully saturated rings. The van der Waals surface area contributed by atoms with E-state index in [-0.39, 0.29) is 0 Å². The van der Waals surface area contributed by atoms with E-state index in [0.717, 1.165) is 5.92 Å². The quantitative estimate of drug-likeness (QED) is 0.611. The summed E-state index contributed by atoms with van der Waals surface area (Å²) in [6.07, 6.45) is 4.04. The highest BCUT2D eigenvalue weighted by molar-refractivity contribution is 5.35. The molecule has 1 aliphatic rings. The lowest BCUT2D eigenvalue weighted by Crippen LogP contribution is -2.00. The van der Waals surface area contributed by atoms with Crippen molar-refractivity contribution in [1.82, 2.24) is 0 Å². The van der Waals surface area contributed by atoms with Gasteiger partial charge in [-0.1, -0.05) is 0 Å². The Bertz CT molecular complexity index is 267. The summed E-state index contributed by atoms with van der Waals surface area (Å²) in [5.41, 5.74) is 2.82. The number of hydrogen-bond donors (Lipinski definition) is 0. The standard InChI is InChI=1S/C13H17/c1-3-13(12-8-9-12)11-6-4-10(2)5-7-11/h4-7,12H,3,8-9H2,1-2H3/q+1. The number of hydrogen-bond acceptors (Lipinski definition) is 0. The number of benzene rings is 1. The van der Waals surface area contributed by atoms with E-state index in [2.05, 4.69) is 38.1 Å². The second-order valence-electron chi connectivity index (χ2n) is 4.02. The van der Waals surface area contributed by atoms with Crippen molar-refractivity contribution in [3.05, 3.63) is 41.3 Å². The molecule has 0 aliphatic heterocycles. The second kappa shape index (κ2) is 3.45. The molecule has 1 aromatic carbocycles. The molecule has 0 saturated heterocycles. The highest BCUT2D eigenvalue weighted by atomic mass is 14.3. The van der Waals surface area contributed by atoms with Crippen molar-refractivity contribution in [2.24, 2.45) is 5.92 Å². The van der Waals surface area contributed by atoms with Crippen LogP contribution in [0.3, 0.4) is 0 Å². The predicted molar refractivity (Wildman–Crippen MR) is 56.5 cm³/mol. The van der Waals surface area contributed by atoms with Gasteiger partial charge in [0.1, 0.15) is 5.56 Å². The van der Waals surface area contributed by atoms with Crippen LogP contribution < -0.4 is 0 Å². The Morgan fingerprint density at radius 2 is 1.85 bits per heavy atom. The molecule has 13 heavy (non-hydrogen) atoms. The molecule has 0 heteroatoms. The first-order chi connectivity index (χ1) is 6.31. The van der Waals surface area contributed by atoms with Gasteiger partial charge in [-0.05, 0) is 44.4 Å². The van der Waals surface area contributed by atoms with E-state index in [1.807, 2.05) is 0 Å². The summed E-state index contributed by atoms with van der Waals surface area (Å²) in [6, 6.07) is 8.97. The van der Waals surface area contributed by atoms with Gasteiger partial charge in [0.2, 0.25) is 0 Å². The molecule has 1 aliphatic carbocycles. The SMILES string of the molecule is CC[C+](c1ccc(C)cc1)C1CC1. The van der Waals surface area contributed by atoms with Gasteiger partial charge in [0.25, 0.3) is 0 Å². The lowest BCUT2D eigenvalue weighted by atomic mass is 9.91. The van der Waals surface area contributed by atoms with Crippen LogP contribution in [-0.2, 0) is 0 Å². The highest BCUT2D eigenvalue weighted by Gasteiger charge is 2.36. The van der Waals surface area contributed by atoms with Crippen LogP contribution in [0.2, 0.25) is 0 Å². The lowest BCUT2D eigenvalue weighted by molar-refractivity contribution is 0.789. The van der Waals surface area contributed by atoms with Crippen LogP contribution in [0, 0.1) is 18.8 Å². The maximum Gasteiger partial charge on any atom is 0.132 e.